The molecule has 0 aromatic heterocycles. The Morgan fingerprint density at radius 3 is 2.20 bits per heavy atom. The van der Waals surface area contributed by atoms with Gasteiger partial charge in [0.05, 0.1) is 0 Å². The molecule has 1 fully saturated rings. The lowest BCUT2D eigenvalue weighted by Gasteiger charge is -2.28. The number of rotatable bonds is 5. The van der Waals surface area contributed by atoms with Crippen LogP contribution in [0.15, 0.2) is 0 Å². The number of hydrogen-bond acceptors (Lipinski definition) is 2. The maximum absolute atomic E-state index is 11.4. The second-order valence-electron chi connectivity index (χ2n) is 3.97. The van der Waals surface area contributed by atoms with Crippen molar-refractivity contribution < 1.29 is 14.7 Å². The number of carboxylic acids is 1. The van der Waals surface area contributed by atoms with Gasteiger partial charge in [-0.25, -0.2) is 9.59 Å². The Bertz CT molecular complexity index is 257. The van der Waals surface area contributed by atoms with Gasteiger partial charge in [0, 0.05) is 6.04 Å². The summed E-state index contributed by atoms with van der Waals surface area (Å²) < 4.78 is 0. The average molecular weight is 214 g/mol. The van der Waals surface area contributed by atoms with Crippen molar-refractivity contribution in [1.82, 2.24) is 10.6 Å². The normalized spacial score (nSPS) is 15.9. The summed E-state index contributed by atoms with van der Waals surface area (Å²) in [7, 11) is 0. The van der Waals surface area contributed by atoms with Crippen LogP contribution < -0.4 is 10.6 Å². The van der Waals surface area contributed by atoms with Crippen LogP contribution in [0.4, 0.5) is 4.79 Å². The lowest BCUT2D eigenvalue weighted by Crippen LogP contribution is -2.56. The van der Waals surface area contributed by atoms with Crippen molar-refractivity contribution in [2.24, 2.45) is 0 Å². The molecule has 15 heavy (non-hydrogen) atoms. The van der Waals surface area contributed by atoms with Crippen LogP contribution in [0.1, 0.15) is 39.5 Å². The first-order valence-electron chi connectivity index (χ1n) is 5.36. The van der Waals surface area contributed by atoms with Crippen LogP contribution in [-0.2, 0) is 4.79 Å². The molecule has 0 aliphatic heterocycles. The number of aliphatic carboxylic acids is 1. The Labute approximate surface area is 89.2 Å². The molecule has 0 saturated heterocycles. The van der Waals surface area contributed by atoms with Crippen molar-refractivity contribution in [2.75, 3.05) is 0 Å². The van der Waals surface area contributed by atoms with E-state index >= 15 is 0 Å². The molecule has 3 N–H and O–H groups in total. The zero-order chi connectivity index (χ0) is 11.5. The quantitative estimate of drug-likeness (QED) is 0.641. The summed E-state index contributed by atoms with van der Waals surface area (Å²) in [6.45, 7) is 3.52. The molecule has 0 spiro atoms. The molecule has 5 nitrogen and oxygen atoms in total. The Balaban J connectivity index is 2.55. The van der Waals surface area contributed by atoms with Gasteiger partial charge in [-0.2, -0.15) is 0 Å². The lowest BCUT2D eigenvalue weighted by atomic mass is 9.93. The van der Waals surface area contributed by atoms with E-state index < -0.39 is 11.5 Å². The van der Waals surface area contributed by atoms with Gasteiger partial charge in [-0.15, -0.1) is 0 Å². The fraction of sp³-hybridized carbons (Fsp3) is 0.800. The molecule has 0 aromatic rings. The number of carbonyl (C=O) groups excluding carboxylic acids is 1. The third-order valence-electron chi connectivity index (χ3n) is 2.88. The second kappa shape index (κ2) is 4.51. The minimum absolute atomic E-state index is 0.241. The highest BCUT2D eigenvalue weighted by atomic mass is 16.4. The molecular formula is C10H18N2O3. The molecular weight excluding hydrogens is 196 g/mol. The van der Waals surface area contributed by atoms with Gasteiger partial charge in [0.2, 0.25) is 0 Å². The number of hydrogen-bond donors (Lipinski definition) is 3. The third kappa shape index (κ3) is 2.84. The van der Waals surface area contributed by atoms with Crippen LogP contribution in [-0.4, -0.2) is 28.7 Å². The standard InChI is InChI=1S/C10H18N2O3/c1-3-10(4-2,8(13)14)12-9(15)11-7-5-6-7/h7H,3-6H2,1-2H3,(H,13,14)(H2,11,12,15). The fourth-order valence-electron chi connectivity index (χ4n) is 1.45. The van der Waals surface area contributed by atoms with Gasteiger partial charge in [-0.05, 0) is 25.7 Å². The van der Waals surface area contributed by atoms with Crippen molar-refractivity contribution in [1.29, 1.82) is 0 Å². The minimum atomic E-state index is -1.13. The van der Waals surface area contributed by atoms with Crippen molar-refractivity contribution in [3.05, 3.63) is 0 Å². The molecule has 5 heteroatoms. The van der Waals surface area contributed by atoms with Crippen LogP contribution in [0.25, 0.3) is 0 Å². The maximum atomic E-state index is 11.4. The Kier molecular flexibility index (Phi) is 3.55. The number of urea groups is 1. The van der Waals surface area contributed by atoms with E-state index in [0.29, 0.717) is 12.8 Å². The van der Waals surface area contributed by atoms with Gasteiger partial charge in [-0.3, -0.25) is 0 Å². The molecule has 2 amide bonds. The molecule has 1 saturated carbocycles. The van der Waals surface area contributed by atoms with E-state index in [1.54, 1.807) is 13.8 Å². The van der Waals surface area contributed by atoms with Crippen LogP contribution in [0.5, 0.6) is 0 Å². The molecule has 0 radical (unpaired) electrons. The van der Waals surface area contributed by atoms with Crippen molar-refractivity contribution in [3.63, 3.8) is 0 Å². The topological polar surface area (TPSA) is 78.4 Å². The van der Waals surface area contributed by atoms with E-state index in [1.807, 2.05) is 0 Å². The maximum Gasteiger partial charge on any atom is 0.329 e. The van der Waals surface area contributed by atoms with Gasteiger partial charge < -0.3 is 15.7 Å². The highest BCUT2D eigenvalue weighted by Gasteiger charge is 2.37. The SMILES string of the molecule is CCC(CC)(NC(=O)NC1CC1)C(=O)O. The molecule has 86 valence electrons. The summed E-state index contributed by atoms with van der Waals surface area (Å²) in [4.78, 5) is 22.5. The fourth-order valence-corrected chi connectivity index (χ4v) is 1.45. The summed E-state index contributed by atoms with van der Waals surface area (Å²) in [5.41, 5.74) is -1.13. The van der Waals surface area contributed by atoms with Gasteiger partial charge in [-0.1, -0.05) is 13.8 Å². The summed E-state index contributed by atoms with van der Waals surface area (Å²) in [5.74, 6) is -0.974. The minimum Gasteiger partial charge on any atom is -0.480 e. The van der Waals surface area contributed by atoms with Crippen molar-refractivity contribution >= 4 is 12.0 Å². The van der Waals surface area contributed by atoms with E-state index in [0.717, 1.165) is 12.8 Å². The van der Waals surface area contributed by atoms with E-state index in [9.17, 15) is 9.59 Å². The molecule has 0 unspecified atom stereocenters. The molecule has 1 aliphatic rings. The van der Waals surface area contributed by atoms with Crippen LogP contribution in [0.2, 0.25) is 0 Å². The van der Waals surface area contributed by atoms with Gasteiger partial charge >= 0.3 is 12.0 Å². The number of carbonyl (C=O) groups is 2. The monoisotopic (exact) mass is 214 g/mol. The van der Waals surface area contributed by atoms with E-state index in [-0.39, 0.29) is 12.1 Å². The first-order chi connectivity index (χ1) is 7.04. The molecule has 1 aliphatic carbocycles. The van der Waals surface area contributed by atoms with Gasteiger partial charge in [0.25, 0.3) is 0 Å². The first kappa shape index (κ1) is 11.8. The van der Waals surface area contributed by atoms with Crippen LogP contribution in [0.3, 0.4) is 0 Å². The molecule has 0 atom stereocenters. The molecule has 0 heterocycles. The second-order valence-corrected chi connectivity index (χ2v) is 3.97. The summed E-state index contributed by atoms with van der Waals surface area (Å²) in [5, 5.41) is 14.4. The summed E-state index contributed by atoms with van der Waals surface area (Å²) in [6.07, 6.45) is 2.76. The Hall–Kier alpha value is -1.26. The van der Waals surface area contributed by atoms with Gasteiger partial charge in [0.1, 0.15) is 5.54 Å². The van der Waals surface area contributed by atoms with Gasteiger partial charge in [0.15, 0.2) is 0 Å². The van der Waals surface area contributed by atoms with E-state index in [2.05, 4.69) is 10.6 Å². The van der Waals surface area contributed by atoms with E-state index in [4.69, 9.17) is 5.11 Å². The predicted molar refractivity (Wildman–Crippen MR) is 55.6 cm³/mol. The van der Waals surface area contributed by atoms with Crippen molar-refractivity contribution in [2.45, 2.75) is 51.1 Å². The van der Waals surface area contributed by atoms with Crippen LogP contribution >= 0.6 is 0 Å². The zero-order valence-electron chi connectivity index (χ0n) is 9.17. The third-order valence-corrected chi connectivity index (χ3v) is 2.88. The largest absolute Gasteiger partial charge is 0.480 e. The average Bonchev–Trinajstić information content (AvgIpc) is 2.97. The lowest BCUT2D eigenvalue weighted by molar-refractivity contribution is -0.144. The smallest absolute Gasteiger partial charge is 0.329 e. The Morgan fingerprint density at radius 2 is 1.87 bits per heavy atom. The number of amides is 2. The highest BCUT2D eigenvalue weighted by Crippen LogP contribution is 2.19. The molecule has 1 rings (SSSR count). The first-order valence-corrected chi connectivity index (χ1v) is 5.36. The van der Waals surface area contributed by atoms with Crippen LogP contribution in [0, 0.1) is 0 Å². The number of carboxylic acid groups (broad SMARTS) is 1. The molecule has 0 aromatic carbocycles. The predicted octanol–water partition coefficient (Wildman–Crippen LogP) is 1.09. The number of nitrogens with one attached hydrogen (secondary N) is 2. The highest BCUT2D eigenvalue weighted by molar-refractivity contribution is 5.86. The van der Waals surface area contributed by atoms with Crippen molar-refractivity contribution in [3.8, 4) is 0 Å². The molecule has 0 bridgehead atoms. The zero-order valence-corrected chi connectivity index (χ0v) is 9.17. The summed E-state index contributed by atoms with van der Waals surface area (Å²) >= 11 is 0. The Morgan fingerprint density at radius 1 is 1.33 bits per heavy atom. The van der Waals surface area contributed by atoms with E-state index in [1.165, 1.54) is 0 Å². The summed E-state index contributed by atoms with van der Waals surface area (Å²) in [6, 6.07) is -0.131.